The number of rotatable bonds is 8. The van der Waals surface area contributed by atoms with E-state index in [1.807, 2.05) is 0 Å². The molecule has 0 fully saturated rings. The molecule has 0 atom stereocenters. The molecule has 0 spiro atoms. The van der Waals surface area contributed by atoms with Crippen molar-refractivity contribution in [1.29, 1.82) is 0 Å². The van der Waals surface area contributed by atoms with Crippen LogP contribution in [0, 0.1) is 10.1 Å². The Hall–Kier alpha value is -1.17. The molecule has 0 radical (unpaired) electrons. The van der Waals surface area contributed by atoms with Gasteiger partial charge < -0.3 is 10.4 Å². The van der Waals surface area contributed by atoms with Gasteiger partial charge in [-0.1, -0.05) is 11.6 Å². The van der Waals surface area contributed by atoms with Crippen LogP contribution in [0.1, 0.15) is 24.8 Å². The van der Waals surface area contributed by atoms with Crippen molar-refractivity contribution in [3.63, 3.8) is 0 Å². The second-order valence-electron chi connectivity index (χ2n) is 3.99. The number of aliphatic hydroxyl groups excluding tert-OH is 1. The molecule has 6 heteroatoms. The Morgan fingerprint density at radius 3 is 2.78 bits per heavy atom. The Bertz CT molecular complexity index is 399. The molecule has 0 aromatic heterocycles. The summed E-state index contributed by atoms with van der Waals surface area (Å²) in [5.41, 5.74) is 0.678. The molecule has 0 heterocycles. The highest BCUT2D eigenvalue weighted by molar-refractivity contribution is 6.30. The predicted octanol–water partition coefficient (Wildman–Crippen LogP) is 2.50. The summed E-state index contributed by atoms with van der Waals surface area (Å²) in [7, 11) is 0. The first kappa shape index (κ1) is 14.9. The summed E-state index contributed by atoms with van der Waals surface area (Å²) in [4.78, 5) is 10.4. The third-order valence-electron chi connectivity index (χ3n) is 2.57. The number of halogens is 1. The largest absolute Gasteiger partial charge is 0.396 e. The lowest BCUT2D eigenvalue weighted by atomic mass is 10.1. The monoisotopic (exact) mass is 272 g/mol. The number of unbranched alkanes of at least 4 members (excludes halogenated alkanes) is 2. The summed E-state index contributed by atoms with van der Waals surface area (Å²) < 4.78 is 0. The molecule has 100 valence electrons. The van der Waals surface area contributed by atoms with E-state index >= 15 is 0 Å². The Labute approximate surface area is 111 Å². The van der Waals surface area contributed by atoms with Crippen LogP contribution in [0.2, 0.25) is 5.02 Å². The van der Waals surface area contributed by atoms with Crippen molar-refractivity contribution in [2.75, 3.05) is 13.2 Å². The van der Waals surface area contributed by atoms with Crippen molar-refractivity contribution in [2.24, 2.45) is 0 Å². The smallest absolute Gasteiger partial charge is 0.275 e. The fourth-order valence-corrected chi connectivity index (χ4v) is 1.78. The normalized spacial score (nSPS) is 10.6. The third kappa shape index (κ3) is 5.00. The Balaban J connectivity index is 2.44. The molecule has 18 heavy (non-hydrogen) atoms. The molecular weight excluding hydrogens is 256 g/mol. The second kappa shape index (κ2) is 8.02. The predicted molar refractivity (Wildman–Crippen MR) is 70.7 cm³/mol. The molecule has 1 aromatic rings. The number of nitro benzene ring substituents is 1. The Morgan fingerprint density at radius 2 is 2.11 bits per heavy atom. The molecule has 0 aliphatic rings. The maximum absolute atomic E-state index is 10.8. The lowest BCUT2D eigenvalue weighted by molar-refractivity contribution is -0.385. The summed E-state index contributed by atoms with van der Waals surface area (Å²) in [5.74, 6) is 0. The van der Waals surface area contributed by atoms with E-state index in [0.717, 1.165) is 25.8 Å². The van der Waals surface area contributed by atoms with Crippen molar-refractivity contribution in [3.8, 4) is 0 Å². The van der Waals surface area contributed by atoms with E-state index in [0.29, 0.717) is 17.1 Å². The highest BCUT2D eigenvalue weighted by Crippen LogP contribution is 2.22. The standard InChI is InChI=1S/C12H17ClN2O3/c13-11-5-4-10(12(8-11)15(17)18)9-14-6-2-1-3-7-16/h4-5,8,14,16H,1-3,6-7,9H2. The van der Waals surface area contributed by atoms with Crippen LogP contribution < -0.4 is 5.32 Å². The first-order valence-electron chi connectivity index (χ1n) is 5.89. The first-order valence-corrected chi connectivity index (χ1v) is 6.27. The number of hydrogen-bond donors (Lipinski definition) is 2. The minimum absolute atomic E-state index is 0.0466. The van der Waals surface area contributed by atoms with Gasteiger partial charge >= 0.3 is 0 Å². The minimum Gasteiger partial charge on any atom is -0.396 e. The van der Waals surface area contributed by atoms with Gasteiger partial charge in [-0.05, 0) is 37.9 Å². The van der Waals surface area contributed by atoms with E-state index in [4.69, 9.17) is 16.7 Å². The Kier molecular flexibility index (Phi) is 6.64. The molecule has 0 saturated carbocycles. The van der Waals surface area contributed by atoms with E-state index in [9.17, 15) is 10.1 Å². The van der Waals surface area contributed by atoms with Gasteiger partial charge in [0.15, 0.2) is 0 Å². The first-order chi connectivity index (χ1) is 8.65. The Morgan fingerprint density at radius 1 is 1.33 bits per heavy atom. The van der Waals surface area contributed by atoms with Crippen molar-refractivity contribution in [2.45, 2.75) is 25.8 Å². The number of aliphatic hydroxyl groups is 1. The fourth-order valence-electron chi connectivity index (χ4n) is 1.62. The second-order valence-corrected chi connectivity index (χ2v) is 4.43. The molecular formula is C12H17ClN2O3. The van der Waals surface area contributed by atoms with Gasteiger partial charge in [-0.3, -0.25) is 10.1 Å². The molecule has 0 aliphatic carbocycles. The average Bonchev–Trinajstić information content (AvgIpc) is 2.35. The molecule has 0 aliphatic heterocycles. The van der Waals surface area contributed by atoms with Crippen LogP contribution in [0.25, 0.3) is 0 Å². The molecule has 5 nitrogen and oxygen atoms in total. The molecule has 0 saturated heterocycles. The van der Waals surface area contributed by atoms with Crippen molar-refractivity contribution in [1.82, 2.24) is 5.32 Å². The lowest BCUT2D eigenvalue weighted by Crippen LogP contribution is -2.15. The zero-order valence-electron chi connectivity index (χ0n) is 10.1. The lowest BCUT2D eigenvalue weighted by Gasteiger charge is -2.05. The van der Waals surface area contributed by atoms with Crippen molar-refractivity contribution >= 4 is 17.3 Å². The minimum atomic E-state index is -0.422. The van der Waals surface area contributed by atoms with Gasteiger partial charge in [-0.15, -0.1) is 0 Å². The SMILES string of the molecule is O=[N+]([O-])c1cc(Cl)ccc1CNCCCCCO. The van der Waals surface area contributed by atoms with E-state index in [2.05, 4.69) is 5.32 Å². The zero-order valence-corrected chi connectivity index (χ0v) is 10.8. The van der Waals surface area contributed by atoms with Crippen LogP contribution >= 0.6 is 11.6 Å². The number of nitrogens with zero attached hydrogens (tertiary/aromatic N) is 1. The van der Waals surface area contributed by atoms with E-state index in [1.54, 1.807) is 12.1 Å². The number of hydrogen-bond acceptors (Lipinski definition) is 4. The summed E-state index contributed by atoms with van der Waals surface area (Å²) in [5, 5.41) is 23.0. The molecule has 0 amide bonds. The van der Waals surface area contributed by atoms with Crippen molar-refractivity contribution < 1.29 is 10.0 Å². The number of benzene rings is 1. The van der Waals surface area contributed by atoms with Gasteiger partial charge in [-0.2, -0.15) is 0 Å². The highest BCUT2D eigenvalue weighted by atomic mass is 35.5. The molecule has 1 rings (SSSR count). The van der Waals surface area contributed by atoms with Crippen molar-refractivity contribution in [3.05, 3.63) is 38.9 Å². The fraction of sp³-hybridized carbons (Fsp3) is 0.500. The van der Waals surface area contributed by atoms with Crippen LogP contribution in [-0.2, 0) is 6.54 Å². The molecule has 2 N–H and O–H groups in total. The van der Waals surface area contributed by atoms with E-state index in [-0.39, 0.29) is 12.3 Å². The van der Waals surface area contributed by atoms with Gasteiger partial charge in [0.05, 0.1) is 4.92 Å². The molecule has 0 bridgehead atoms. The van der Waals surface area contributed by atoms with Crippen LogP contribution in [0.5, 0.6) is 0 Å². The maximum atomic E-state index is 10.8. The van der Waals surface area contributed by atoms with Gasteiger partial charge in [0, 0.05) is 29.8 Å². The van der Waals surface area contributed by atoms with Crippen LogP contribution in [0.15, 0.2) is 18.2 Å². The van der Waals surface area contributed by atoms with Gasteiger partial charge in [0.25, 0.3) is 5.69 Å². The van der Waals surface area contributed by atoms with Crippen LogP contribution in [0.3, 0.4) is 0 Å². The quantitative estimate of drug-likeness (QED) is 0.433. The summed E-state index contributed by atoms with van der Waals surface area (Å²) in [6.07, 6.45) is 2.69. The van der Waals surface area contributed by atoms with Crippen LogP contribution in [0.4, 0.5) is 5.69 Å². The van der Waals surface area contributed by atoms with Crippen LogP contribution in [-0.4, -0.2) is 23.2 Å². The van der Waals surface area contributed by atoms with E-state index < -0.39 is 4.92 Å². The zero-order chi connectivity index (χ0) is 13.4. The summed E-state index contributed by atoms with van der Waals surface area (Å²) in [6.45, 7) is 1.44. The number of nitro groups is 1. The molecule has 0 unspecified atom stereocenters. The van der Waals surface area contributed by atoms with Gasteiger partial charge in [0.2, 0.25) is 0 Å². The molecule has 1 aromatic carbocycles. The van der Waals surface area contributed by atoms with Gasteiger partial charge in [0.1, 0.15) is 0 Å². The number of nitrogens with one attached hydrogen (secondary N) is 1. The maximum Gasteiger partial charge on any atom is 0.275 e. The average molecular weight is 273 g/mol. The third-order valence-corrected chi connectivity index (χ3v) is 2.81. The summed E-state index contributed by atoms with van der Waals surface area (Å²) in [6, 6.07) is 4.68. The topological polar surface area (TPSA) is 75.4 Å². The van der Waals surface area contributed by atoms with Gasteiger partial charge in [-0.25, -0.2) is 0 Å². The summed E-state index contributed by atoms with van der Waals surface area (Å²) >= 11 is 5.73. The van der Waals surface area contributed by atoms with E-state index in [1.165, 1.54) is 6.07 Å². The highest BCUT2D eigenvalue weighted by Gasteiger charge is 2.13.